The number of carbonyl (C=O) groups excluding carboxylic acids is 1. The van der Waals surface area contributed by atoms with E-state index in [4.69, 9.17) is 11.5 Å². The lowest BCUT2D eigenvalue weighted by molar-refractivity contribution is -0.142. The monoisotopic (exact) mass is 213 g/mol. The second kappa shape index (κ2) is 6.04. The lowest BCUT2D eigenvalue weighted by Gasteiger charge is -2.21. The van der Waals surface area contributed by atoms with Crippen molar-refractivity contribution in [3.8, 4) is 12.3 Å². The summed E-state index contributed by atoms with van der Waals surface area (Å²) >= 11 is 0. The molecule has 0 saturated carbocycles. The van der Waals surface area contributed by atoms with Gasteiger partial charge in [0, 0.05) is 19.4 Å². The van der Waals surface area contributed by atoms with Crippen molar-refractivity contribution in [3.05, 3.63) is 0 Å². The second-order valence-electron chi connectivity index (χ2n) is 3.55. The Labute approximate surface area is 88.5 Å². The van der Waals surface area contributed by atoms with Crippen molar-refractivity contribution in [2.45, 2.75) is 31.8 Å². The van der Waals surface area contributed by atoms with Gasteiger partial charge in [0.05, 0.1) is 12.0 Å². The van der Waals surface area contributed by atoms with Crippen LogP contribution in [0.4, 0.5) is 0 Å². The minimum absolute atomic E-state index is 0.0945. The van der Waals surface area contributed by atoms with Crippen molar-refractivity contribution in [1.82, 2.24) is 5.32 Å². The summed E-state index contributed by atoms with van der Waals surface area (Å²) < 4.78 is 0. The highest BCUT2D eigenvalue weighted by Crippen LogP contribution is 2.07. The zero-order chi connectivity index (χ0) is 11.9. The zero-order valence-electron chi connectivity index (χ0n) is 8.62. The molecule has 1 unspecified atom stereocenters. The predicted molar refractivity (Wildman–Crippen MR) is 54.0 cm³/mol. The number of aliphatic carboxylic acids is 1. The Kier molecular flexibility index (Phi) is 5.42. The number of carboxylic acids is 1. The van der Waals surface area contributed by atoms with Crippen molar-refractivity contribution in [2.75, 3.05) is 6.54 Å². The van der Waals surface area contributed by atoms with Gasteiger partial charge in [-0.2, -0.15) is 0 Å². The highest BCUT2D eigenvalue weighted by atomic mass is 16.4. The smallest absolute Gasteiger partial charge is 0.306 e. The largest absolute Gasteiger partial charge is 0.481 e. The van der Waals surface area contributed by atoms with Gasteiger partial charge in [0.25, 0.3) is 0 Å². The first-order chi connectivity index (χ1) is 6.87. The van der Waals surface area contributed by atoms with E-state index in [0.29, 0.717) is 6.42 Å². The number of hydrogen-bond donors (Lipinski definition) is 3. The molecule has 0 rings (SSSR count). The molecule has 0 heterocycles. The molecule has 5 heteroatoms. The average molecular weight is 213 g/mol. The van der Waals surface area contributed by atoms with E-state index in [1.54, 1.807) is 0 Å². The predicted octanol–water partition coefficient (Wildman–Crippen LogP) is -0.258. The zero-order valence-corrected chi connectivity index (χ0v) is 8.62. The number of nitrogens with one attached hydrogen (secondary N) is 1. The van der Waals surface area contributed by atoms with Crippen LogP contribution in [0.2, 0.25) is 0 Å². The van der Waals surface area contributed by atoms with Crippen LogP contribution in [0.15, 0.2) is 0 Å². The fourth-order valence-corrected chi connectivity index (χ4v) is 0.951. The van der Waals surface area contributed by atoms with Crippen molar-refractivity contribution in [1.29, 1.82) is 0 Å². The summed E-state index contributed by atoms with van der Waals surface area (Å²) in [5.74, 6) is 0.904. The Bertz CT molecular complexity index is 278. The fourth-order valence-electron chi connectivity index (χ4n) is 0.951. The molecule has 0 aromatic rings. The maximum atomic E-state index is 11.1. The lowest BCUT2D eigenvalue weighted by Crippen LogP contribution is -2.42. The summed E-state index contributed by atoms with van der Waals surface area (Å²) in [4.78, 5) is 21.4. The van der Waals surface area contributed by atoms with Crippen LogP contribution in [0.25, 0.3) is 0 Å². The van der Waals surface area contributed by atoms with Crippen LogP contribution in [0.3, 0.4) is 0 Å². The summed E-state index contributed by atoms with van der Waals surface area (Å²) in [5, 5.41) is 20.4. The Hall–Kier alpha value is -1.54. The highest BCUT2D eigenvalue weighted by Gasteiger charge is 2.24. The van der Waals surface area contributed by atoms with Gasteiger partial charge in [0.1, 0.15) is 0 Å². The molecule has 1 amide bonds. The summed E-state index contributed by atoms with van der Waals surface area (Å²) in [6.45, 7) is 1.26. The van der Waals surface area contributed by atoms with Crippen LogP contribution in [0.1, 0.15) is 26.2 Å². The van der Waals surface area contributed by atoms with Gasteiger partial charge in [-0.3, -0.25) is 9.59 Å². The third kappa shape index (κ3) is 7.52. The van der Waals surface area contributed by atoms with E-state index in [-0.39, 0.29) is 18.9 Å². The van der Waals surface area contributed by atoms with Crippen molar-refractivity contribution < 1.29 is 19.8 Å². The molecule has 3 N–H and O–H groups in total. The maximum absolute atomic E-state index is 11.1. The van der Waals surface area contributed by atoms with E-state index < -0.39 is 18.0 Å². The van der Waals surface area contributed by atoms with Crippen LogP contribution < -0.4 is 5.32 Å². The molecule has 84 valence electrons. The van der Waals surface area contributed by atoms with E-state index in [0.717, 1.165) is 0 Å². The number of carbonyl (C=O) groups is 2. The highest BCUT2D eigenvalue weighted by molar-refractivity contribution is 5.76. The van der Waals surface area contributed by atoms with Crippen LogP contribution >= 0.6 is 0 Å². The van der Waals surface area contributed by atoms with Crippen LogP contribution in [-0.2, 0) is 9.59 Å². The number of rotatable bonds is 6. The van der Waals surface area contributed by atoms with Gasteiger partial charge >= 0.3 is 5.97 Å². The van der Waals surface area contributed by atoms with Crippen LogP contribution in [0.5, 0.6) is 0 Å². The molecule has 0 aliphatic carbocycles. The number of carboxylic acid groups (broad SMARTS) is 1. The standard InChI is InChI=1S/C10H15NO4/c1-3-4-5-8(12)11-7-10(2,15)6-9(13)14/h1,15H,4-7H2,2H3,(H,11,12)(H,13,14). The molecule has 0 bridgehead atoms. The quantitative estimate of drug-likeness (QED) is 0.531. The molecule has 0 aliphatic heterocycles. The minimum atomic E-state index is -1.43. The molecule has 5 nitrogen and oxygen atoms in total. The second-order valence-corrected chi connectivity index (χ2v) is 3.55. The Morgan fingerprint density at radius 3 is 2.60 bits per heavy atom. The van der Waals surface area contributed by atoms with Gasteiger partial charge in [-0.15, -0.1) is 12.3 Å². The van der Waals surface area contributed by atoms with Crippen LogP contribution in [-0.4, -0.2) is 34.2 Å². The maximum Gasteiger partial charge on any atom is 0.306 e. The Morgan fingerprint density at radius 2 is 2.13 bits per heavy atom. The molecule has 0 fully saturated rings. The Morgan fingerprint density at radius 1 is 1.53 bits per heavy atom. The molecule has 0 spiro atoms. The average Bonchev–Trinajstić information content (AvgIpc) is 2.09. The van der Waals surface area contributed by atoms with E-state index in [2.05, 4.69) is 11.2 Å². The summed E-state index contributed by atoms with van der Waals surface area (Å²) in [5.41, 5.74) is -1.43. The fraction of sp³-hybridized carbons (Fsp3) is 0.600. The molecule has 0 aliphatic rings. The summed E-state index contributed by atoms with van der Waals surface area (Å²) in [6.07, 6.45) is 5.06. The van der Waals surface area contributed by atoms with E-state index >= 15 is 0 Å². The minimum Gasteiger partial charge on any atom is -0.481 e. The van der Waals surface area contributed by atoms with Gasteiger partial charge in [0.15, 0.2) is 0 Å². The molecule has 15 heavy (non-hydrogen) atoms. The molecule has 0 radical (unpaired) electrons. The van der Waals surface area contributed by atoms with Gasteiger partial charge in [0.2, 0.25) is 5.91 Å². The normalized spacial score (nSPS) is 13.7. The Balaban J connectivity index is 3.88. The summed E-state index contributed by atoms with van der Waals surface area (Å²) in [6, 6.07) is 0. The van der Waals surface area contributed by atoms with E-state index in [1.807, 2.05) is 0 Å². The topological polar surface area (TPSA) is 86.6 Å². The molecule has 0 aromatic heterocycles. The molecule has 0 aromatic carbocycles. The third-order valence-corrected chi connectivity index (χ3v) is 1.69. The number of amides is 1. The van der Waals surface area contributed by atoms with Gasteiger partial charge in [-0.05, 0) is 6.92 Å². The number of aliphatic hydroxyl groups is 1. The SMILES string of the molecule is C#CCCC(=O)NCC(C)(O)CC(=O)O. The first-order valence-corrected chi connectivity index (χ1v) is 4.52. The van der Waals surface area contributed by atoms with Crippen molar-refractivity contribution in [2.24, 2.45) is 0 Å². The molecular formula is C10H15NO4. The first kappa shape index (κ1) is 13.5. The number of hydrogen-bond acceptors (Lipinski definition) is 3. The van der Waals surface area contributed by atoms with Crippen molar-refractivity contribution in [3.63, 3.8) is 0 Å². The lowest BCUT2D eigenvalue weighted by atomic mass is 10.0. The third-order valence-electron chi connectivity index (χ3n) is 1.69. The summed E-state index contributed by atoms with van der Waals surface area (Å²) in [7, 11) is 0. The van der Waals surface area contributed by atoms with Crippen LogP contribution in [0, 0.1) is 12.3 Å². The van der Waals surface area contributed by atoms with E-state index in [9.17, 15) is 14.7 Å². The van der Waals surface area contributed by atoms with E-state index in [1.165, 1.54) is 6.92 Å². The molecule has 0 saturated heterocycles. The van der Waals surface area contributed by atoms with Gasteiger partial charge in [-0.1, -0.05) is 0 Å². The van der Waals surface area contributed by atoms with Gasteiger partial charge < -0.3 is 15.5 Å². The van der Waals surface area contributed by atoms with Gasteiger partial charge in [-0.25, -0.2) is 0 Å². The van der Waals surface area contributed by atoms with Crippen molar-refractivity contribution >= 4 is 11.9 Å². The molecule has 1 atom stereocenters. The number of terminal acetylenes is 1. The first-order valence-electron chi connectivity index (χ1n) is 4.52. The molecular weight excluding hydrogens is 198 g/mol.